The second-order valence-electron chi connectivity index (χ2n) is 5.35. The highest BCUT2D eigenvalue weighted by Crippen LogP contribution is 2.27. The Hall–Kier alpha value is -2.70. The van der Waals surface area contributed by atoms with Gasteiger partial charge in [-0.25, -0.2) is 4.79 Å². The number of carboxylic acids is 1. The monoisotopic (exact) mass is 320 g/mol. The van der Waals surface area contributed by atoms with Gasteiger partial charge in [0.15, 0.2) is 0 Å². The Morgan fingerprint density at radius 2 is 2.04 bits per heavy atom. The first kappa shape index (κ1) is 18.3. The second-order valence-corrected chi connectivity index (χ2v) is 5.35. The second kappa shape index (κ2) is 8.07. The Balaban J connectivity index is 3.06. The zero-order chi connectivity index (χ0) is 17.6. The lowest BCUT2D eigenvalue weighted by molar-refractivity contribution is -0.385. The highest BCUT2D eigenvalue weighted by Gasteiger charge is 2.23. The van der Waals surface area contributed by atoms with Crippen LogP contribution in [0, 0.1) is 10.1 Å². The minimum absolute atomic E-state index is 0.0611. The van der Waals surface area contributed by atoms with E-state index in [2.05, 4.69) is 5.32 Å². The topological polar surface area (TPSA) is 110 Å². The van der Waals surface area contributed by atoms with Crippen molar-refractivity contribution in [3.05, 3.63) is 51.6 Å². The van der Waals surface area contributed by atoms with Crippen LogP contribution in [-0.2, 0) is 4.79 Å². The van der Waals surface area contributed by atoms with Gasteiger partial charge in [-0.2, -0.15) is 0 Å². The fourth-order valence-corrected chi connectivity index (χ4v) is 2.07. The number of allylic oxidation sites excluding steroid dienone is 1. The first-order valence-corrected chi connectivity index (χ1v) is 7.21. The molecule has 1 amide bonds. The highest BCUT2D eigenvalue weighted by atomic mass is 16.6. The summed E-state index contributed by atoms with van der Waals surface area (Å²) in [6.45, 7) is 5.38. The van der Waals surface area contributed by atoms with Gasteiger partial charge in [0.25, 0.3) is 11.6 Å². The van der Waals surface area contributed by atoms with Crippen LogP contribution < -0.4 is 5.32 Å². The van der Waals surface area contributed by atoms with Gasteiger partial charge >= 0.3 is 5.97 Å². The largest absolute Gasteiger partial charge is 0.480 e. The number of nitrogens with one attached hydrogen (secondary N) is 1. The van der Waals surface area contributed by atoms with Gasteiger partial charge in [-0.15, -0.1) is 0 Å². The number of amides is 1. The molecule has 0 saturated heterocycles. The number of nitro benzene ring substituents is 1. The quantitative estimate of drug-likeness (QED) is 0.456. The SMILES string of the molecule is C/C=C/CC(NC(=O)c1ccc(C(C)C)c([N+](=O)[O-])c1)C(=O)O. The maximum Gasteiger partial charge on any atom is 0.326 e. The maximum atomic E-state index is 12.2. The molecule has 1 aromatic rings. The van der Waals surface area contributed by atoms with Crippen molar-refractivity contribution in [3.63, 3.8) is 0 Å². The predicted octanol–water partition coefficient (Wildman–Crippen LogP) is 2.87. The number of carbonyl (C=O) groups is 2. The molecular weight excluding hydrogens is 300 g/mol. The van der Waals surface area contributed by atoms with Gasteiger partial charge in [0.1, 0.15) is 6.04 Å². The Bertz CT molecular complexity index is 637. The summed E-state index contributed by atoms with van der Waals surface area (Å²) in [5.74, 6) is -1.88. The normalized spacial score (nSPS) is 12.3. The smallest absolute Gasteiger partial charge is 0.326 e. The van der Waals surface area contributed by atoms with E-state index >= 15 is 0 Å². The third-order valence-corrected chi connectivity index (χ3v) is 3.32. The van der Waals surface area contributed by atoms with Crippen LogP contribution in [-0.4, -0.2) is 27.9 Å². The summed E-state index contributed by atoms with van der Waals surface area (Å²) < 4.78 is 0. The van der Waals surface area contributed by atoms with Crippen molar-refractivity contribution >= 4 is 17.6 Å². The molecule has 1 atom stereocenters. The average Bonchev–Trinajstić information content (AvgIpc) is 2.49. The summed E-state index contributed by atoms with van der Waals surface area (Å²) >= 11 is 0. The minimum atomic E-state index is -1.16. The van der Waals surface area contributed by atoms with Crippen molar-refractivity contribution in [2.75, 3.05) is 0 Å². The lowest BCUT2D eigenvalue weighted by Crippen LogP contribution is -2.40. The average molecular weight is 320 g/mol. The van der Waals surface area contributed by atoms with E-state index in [1.807, 2.05) is 13.8 Å². The standard InChI is InChI=1S/C16H20N2O5/c1-4-5-6-13(16(20)21)17-15(19)11-7-8-12(10(2)3)14(9-11)18(22)23/h4-5,7-10,13H,6H2,1-3H3,(H,17,19)(H,20,21)/b5-4+. The van der Waals surface area contributed by atoms with E-state index in [9.17, 15) is 19.7 Å². The van der Waals surface area contributed by atoms with Crippen molar-refractivity contribution in [1.82, 2.24) is 5.32 Å². The number of nitro groups is 1. The lowest BCUT2D eigenvalue weighted by atomic mass is 9.99. The number of nitrogens with zero attached hydrogens (tertiary/aromatic N) is 1. The molecule has 0 aliphatic heterocycles. The molecule has 0 aliphatic rings. The molecule has 7 heteroatoms. The van der Waals surface area contributed by atoms with E-state index in [0.717, 1.165) is 0 Å². The van der Waals surface area contributed by atoms with Crippen molar-refractivity contribution < 1.29 is 19.6 Å². The Morgan fingerprint density at radius 3 is 2.52 bits per heavy atom. The highest BCUT2D eigenvalue weighted by molar-refractivity contribution is 5.97. The molecule has 1 aromatic carbocycles. The summed E-state index contributed by atoms with van der Waals surface area (Å²) in [4.78, 5) is 33.9. The molecule has 0 saturated carbocycles. The van der Waals surface area contributed by atoms with Gasteiger partial charge in [-0.3, -0.25) is 14.9 Å². The van der Waals surface area contributed by atoms with E-state index in [1.54, 1.807) is 19.1 Å². The maximum absolute atomic E-state index is 12.2. The molecule has 0 fully saturated rings. The first-order chi connectivity index (χ1) is 10.8. The summed E-state index contributed by atoms with van der Waals surface area (Å²) in [6, 6.07) is 3.09. The first-order valence-electron chi connectivity index (χ1n) is 7.21. The fraction of sp³-hybridized carbons (Fsp3) is 0.375. The third-order valence-electron chi connectivity index (χ3n) is 3.32. The molecule has 1 rings (SSSR count). The number of rotatable bonds is 7. The number of hydrogen-bond acceptors (Lipinski definition) is 4. The number of hydrogen-bond donors (Lipinski definition) is 2. The predicted molar refractivity (Wildman–Crippen MR) is 85.5 cm³/mol. The zero-order valence-corrected chi connectivity index (χ0v) is 13.3. The summed E-state index contributed by atoms with van der Waals surface area (Å²) in [5, 5.41) is 22.6. The van der Waals surface area contributed by atoms with E-state index < -0.39 is 22.8 Å². The van der Waals surface area contributed by atoms with Crippen LogP contribution in [0.2, 0.25) is 0 Å². The van der Waals surface area contributed by atoms with E-state index in [1.165, 1.54) is 18.2 Å². The molecule has 7 nitrogen and oxygen atoms in total. The van der Waals surface area contributed by atoms with Gasteiger partial charge < -0.3 is 10.4 Å². The molecule has 0 spiro atoms. The molecule has 0 bridgehead atoms. The third kappa shape index (κ3) is 4.91. The van der Waals surface area contributed by atoms with Gasteiger partial charge in [0.05, 0.1) is 4.92 Å². The molecule has 0 radical (unpaired) electrons. The van der Waals surface area contributed by atoms with Crippen LogP contribution in [0.15, 0.2) is 30.4 Å². The molecule has 0 aliphatic carbocycles. The summed E-state index contributed by atoms with van der Waals surface area (Å²) in [6.07, 6.45) is 3.46. The van der Waals surface area contributed by atoms with E-state index in [4.69, 9.17) is 5.11 Å². The molecule has 124 valence electrons. The van der Waals surface area contributed by atoms with Gasteiger partial charge in [-0.05, 0) is 25.3 Å². The Kier molecular flexibility index (Phi) is 6.44. The van der Waals surface area contributed by atoms with Gasteiger partial charge in [0, 0.05) is 17.2 Å². The lowest BCUT2D eigenvalue weighted by Gasteiger charge is -2.13. The number of benzene rings is 1. The van der Waals surface area contributed by atoms with Crippen LogP contribution in [0.4, 0.5) is 5.69 Å². The molecule has 2 N–H and O–H groups in total. The van der Waals surface area contributed by atoms with Crippen LogP contribution >= 0.6 is 0 Å². The molecule has 1 unspecified atom stereocenters. The molecule has 0 aromatic heterocycles. The van der Waals surface area contributed by atoms with Crippen molar-refractivity contribution in [2.45, 2.75) is 39.2 Å². The minimum Gasteiger partial charge on any atom is -0.480 e. The molecule has 0 heterocycles. The van der Waals surface area contributed by atoms with Crippen LogP contribution in [0.3, 0.4) is 0 Å². The van der Waals surface area contributed by atoms with Crippen LogP contribution in [0.1, 0.15) is 49.0 Å². The Labute approximate surface area is 134 Å². The van der Waals surface area contributed by atoms with E-state index in [-0.39, 0.29) is 23.6 Å². The number of aliphatic carboxylic acids is 1. The van der Waals surface area contributed by atoms with Crippen molar-refractivity contribution in [3.8, 4) is 0 Å². The summed E-state index contributed by atoms with van der Waals surface area (Å²) in [7, 11) is 0. The summed E-state index contributed by atoms with van der Waals surface area (Å²) in [5.41, 5.74) is 0.441. The van der Waals surface area contributed by atoms with Crippen LogP contribution in [0.5, 0.6) is 0 Å². The number of carbonyl (C=O) groups excluding carboxylic acids is 1. The molecular formula is C16H20N2O5. The van der Waals surface area contributed by atoms with E-state index in [0.29, 0.717) is 5.56 Å². The molecule has 23 heavy (non-hydrogen) atoms. The number of carboxylic acid groups (broad SMARTS) is 1. The van der Waals surface area contributed by atoms with Crippen LogP contribution in [0.25, 0.3) is 0 Å². The van der Waals surface area contributed by atoms with Crippen molar-refractivity contribution in [1.29, 1.82) is 0 Å². The Morgan fingerprint density at radius 1 is 1.39 bits per heavy atom. The fourth-order valence-electron chi connectivity index (χ4n) is 2.07. The van der Waals surface area contributed by atoms with Gasteiger partial charge in [0.2, 0.25) is 0 Å². The van der Waals surface area contributed by atoms with Crippen molar-refractivity contribution in [2.24, 2.45) is 0 Å². The zero-order valence-electron chi connectivity index (χ0n) is 13.3. The van der Waals surface area contributed by atoms with Gasteiger partial charge in [-0.1, -0.05) is 32.1 Å².